The zero-order valence-corrected chi connectivity index (χ0v) is 11.6. The van der Waals surface area contributed by atoms with Crippen molar-refractivity contribution >= 4 is 12.1 Å². The number of rotatable bonds is 3. The summed E-state index contributed by atoms with van der Waals surface area (Å²) >= 11 is 0. The molecule has 5 nitrogen and oxygen atoms in total. The molecule has 5 heteroatoms. The van der Waals surface area contributed by atoms with Gasteiger partial charge in [0.15, 0.2) is 0 Å². The highest BCUT2D eigenvalue weighted by molar-refractivity contribution is 5.89. The van der Waals surface area contributed by atoms with Crippen molar-refractivity contribution in [2.45, 2.75) is 39.3 Å². The van der Waals surface area contributed by atoms with Crippen LogP contribution < -0.4 is 5.32 Å². The van der Waals surface area contributed by atoms with Crippen molar-refractivity contribution in [2.75, 3.05) is 0 Å². The van der Waals surface area contributed by atoms with Gasteiger partial charge in [-0.1, -0.05) is 18.2 Å². The van der Waals surface area contributed by atoms with Gasteiger partial charge in [0.05, 0.1) is 11.6 Å². The minimum atomic E-state index is -1.02. The maximum absolute atomic E-state index is 11.6. The average Bonchev–Trinajstić information content (AvgIpc) is 2.26. The third-order valence-corrected chi connectivity index (χ3v) is 2.39. The molecule has 0 radical (unpaired) electrons. The van der Waals surface area contributed by atoms with Gasteiger partial charge in [0.25, 0.3) is 0 Å². The number of ether oxygens (including phenoxy) is 1. The van der Waals surface area contributed by atoms with Crippen molar-refractivity contribution < 1.29 is 19.4 Å². The highest BCUT2D eigenvalue weighted by atomic mass is 16.6. The number of hydrogen-bond donors (Lipinski definition) is 2. The Morgan fingerprint density at radius 1 is 1.26 bits per heavy atom. The molecule has 1 amide bonds. The van der Waals surface area contributed by atoms with E-state index in [9.17, 15) is 9.59 Å². The lowest BCUT2D eigenvalue weighted by Gasteiger charge is -2.22. The smallest absolute Gasteiger partial charge is 0.408 e. The van der Waals surface area contributed by atoms with Crippen LogP contribution in [0.5, 0.6) is 0 Å². The van der Waals surface area contributed by atoms with Crippen LogP contribution >= 0.6 is 0 Å². The van der Waals surface area contributed by atoms with E-state index in [2.05, 4.69) is 5.32 Å². The van der Waals surface area contributed by atoms with Crippen LogP contribution in [0.1, 0.15) is 49.7 Å². The summed E-state index contributed by atoms with van der Waals surface area (Å²) in [6, 6.07) is 6.11. The van der Waals surface area contributed by atoms with Crippen LogP contribution in [0.25, 0.3) is 0 Å². The predicted molar refractivity (Wildman–Crippen MR) is 71.2 cm³/mol. The zero-order chi connectivity index (χ0) is 14.6. The summed E-state index contributed by atoms with van der Waals surface area (Å²) in [5.74, 6) is -1.02. The molecule has 0 aromatic heterocycles. The molecule has 0 bridgehead atoms. The van der Waals surface area contributed by atoms with Gasteiger partial charge in [0.2, 0.25) is 0 Å². The molecule has 0 heterocycles. The molecule has 0 aliphatic rings. The fourth-order valence-corrected chi connectivity index (χ4v) is 1.63. The molecule has 0 saturated carbocycles. The SMILES string of the molecule is C[C@@H](NC(=O)OC(C)(C)C)c1ccccc1C(=O)O. The molecule has 0 aliphatic heterocycles. The topological polar surface area (TPSA) is 75.6 Å². The van der Waals surface area contributed by atoms with Crippen LogP contribution in [-0.2, 0) is 4.74 Å². The normalized spacial score (nSPS) is 12.6. The standard InChI is InChI=1S/C14H19NO4/c1-9(15-13(18)19-14(2,3)4)10-7-5-6-8-11(10)12(16)17/h5-9H,1-4H3,(H,15,18)(H,16,17)/t9-/m1/s1. The van der Waals surface area contributed by atoms with Gasteiger partial charge in [-0.25, -0.2) is 9.59 Å². The van der Waals surface area contributed by atoms with Crippen LogP contribution in [0, 0.1) is 0 Å². The van der Waals surface area contributed by atoms with Crippen LogP contribution in [0.3, 0.4) is 0 Å². The van der Waals surface area contributed by atoms with Crippen LogP contribution in [0.2, 0.25) is 0 Å². The fraction of sp³-hybridized carbons (Fsp3) is 0.429. The monoisotopic (exact) mass is 265 g/mol. The van der Waals surface area contributed by atoms with Crippen LogP contribution in [0.15, 0.2) is 24.3 Å². The number of benzene rings is 1. The molecule has 0 spiro atoms. The first-order valence-electron chi connectivity index (χ1n) is 6.02. The van der Waals surface area contributed by atoms with Gasteiger partial charge in [-0.15, -0.1) is 0 Å². The summed E-state index contributed by atoms with van der Waals surface area (Å²) in [5.41, 5.74) is 0.128. The van der Waals surface area contributed by atoms with E-state index in [1.165, 1.54) is 6.07 Å². The lowest BCUT2D eigenvalue weighted by Crippen LogP contribution is -2.34. The number of carbonyl (C=O) groups excluding carboxylic acids is 1. The molecule has 0 saturated heterocycles. The second-order valence-corrected chi connectivity index (χ2v) is 5.26. The van der Waals surface area contributed by atoms with E-state index in [0.717, 1.165) is 0 Å². The van der Waals surface area contributed by atoms with Crippen molar-refractivity contribution in [3.05, 3.63) is 35.4 Å². The molecule has 19 heavy (non-hydrogen) atoms. The zero-order valence-electron chi connectivity index (χ0n) is 11.6. The largest absolute Gasteiger partial charge is 0.478 e. The van der Waals surface area contributed by atoms with Gasteiger partial charge in [0.1, 0.15) is 5.60 Å². The Balaban J connectivity index is 2.82. The number of carbonyl (C=O) groups is 2. The van der Waals surface area contributed by atoms with Crippen LogP contribution in [-0.4, -0.2) is 22.8 Å². The van der Waals surface area contributed by atoms with E-state index >= 15 is 0 Å². The fourth-order valence-electron chi connectivity index (χ4n) is 1.63. The molecule has 2 N–H and O–H groups in total. The molecule has 1 rings (SSSR count). The molecule has 1 aromatic carbocycles. The van der Waals surface area contributed by atoms with E-state index in [4.69, 9.17) is 9.84 Å². The third-order valence-electron chi connectivity index (χ3n) is 2.39. The molecule has 1 aromatic rings. The molecule has 1 atom stereocenters. The second kappa shape index (κ2) is 5.73. The van der Waals surface area contributed by atoms with Gasteiger partial charge in [0, 0.05) is 0 Å². The van der Waals surface area contributed by atoms with Crippen molar-refractivity contribution in [1.82, 2.24) is 5.32 Å². The molecule has 0 unspecified atom stereocenters. The highest BCUT2D eigenvalue weighted by Gasteiger charge is 2.20. The molecule has 0 aliphatic carbocycles. The average molecular weight is 265 g/mol. The summed E-state index contributed by atoms with van der Waals surface area (Å²) in [7, 11) is 0. The van der Waals surface area contributed by atoms with Gasteiger partial charge < -0.3 is 15.2 Å². The van der Waals surface area contributed by atoms with E-state index in [1.54, 1.807) is 45.9 Å². The number of nitrogens with one attached hydrogen (secondary N) is 1. The van der Waals surface area contributed by atoms with Crippen LogP contribution in [0.4, 0.5) is 4.79 Å². The van der Waals surface area contributed by atoms with Crippen molar-refractivity contribution in [2.24, 2.45) is 0 Å². The number of hydrogen-bond acceptors (Lipinski definition) is 3. The van der Waals surface area contributed by atoms with Crippen molar-refractivity contribution in [3.63, 3.8) is 0 Å². The van der Waals surface area contributed by atoms with E-state index in [0.29, 0.717) is 5.56 Å². The maximum Gasteiger partial charge on any atom is 0.408 e. The maximum atomic E-state index is 11.6. The molecule has 0 fully saturated rings. The van der Waals surface area contributed by atoms with E-state index < -0.39 is 23.7 Å². The Morgan fingerprint density at radius 2 is 1.84 bits per heavy atom. The van der Waals surface area contributed by atoms with Crippen molar-refractivity contribution in [1.29, 1.82) is 0 Å². The number of carboxylic acids is 1. The Bertz CT molecular complexity index is 477. The third kappa shape index (κ3) is 4.62. The van der Waals surface area contributed by atoms with Gasteiger partial charge in [-0.05, 0) is 39.3 Å². The molecular weight excluding hydrogens is 246 g/mol. The number of carboxylic acid groups (broad SMARTS) is 1. The summed E-state index contributed by atoms with van der Waals surface area (Å²) in [6.45, 7) is 7.01. The first-order chi connectivity index (χ1) is 8.70. The Hall–Kier alpha value is -2.04. The van der Waals surface area contributed by atoms with Gasteiger partial charge in [-0.3, -0.25) is 0 Å². The molecule has 104 valence electrons. The minimum Gasteiger partial charge on any atom is -0.478 e. The second-order valence-electron chi connectivity index (χ2n) is 5.26. The summed E-state index contributed by atoms with van der Waals surface area (Å²) in [4.78, 5) is 22.7. The first kappa shape index (κ1) is 15.0. The quantitative estimate of drug-likeness (QED) is 0.881. The van der Waals surface area contributed by atoms with Gasteiger partial charge in [-0.2, -0.15) is 0 Å². The Morgan fingerprint density at radius 3 is 2.37 bits per heavy atom. The lowest BCUT2D eigenvalue weighted by molar-refractivity contribution is 0.0504. The molecular formula is C14H19NO4. The van der Waals surface area contributed by atoms with Crippen molar-refractivity contribution in [3.8, 4) is 0 Å². The number of amides is 1. The van der Waals surface area contributed by atoms with E-state index in [-0.39, 0.29) is 5.56 Å². The summed E-state index contributed by atoms with van der Waals surface area (Å²) in [5, 5.41) is 11.7. The van der Waals surface area contributed by atoms with Gasteiger partial charge >= 0.3 is 12.1 Å². The lowest BCUT2D eigenvalue weighted by atomic mass is 10.0. The minimum absolute atomic E-state index is 0.172. The summed E-state index contributed by atoms with van der Waals surface area (Å²) in [6.07, 6.45) is -0.569. The predicted octanol–water partition coefficient (Wildman–Crippen LogP) is 2.97. The van der Waals surface area contributed by atoms with E-state index in [1.807, 2.05) is 0 Å². The Kier molecular flexibility index (Phi) is 4.53. The number of alkyl carbamates (subject to hydrolysis) is 1. The highest BCUT2D eigenvalue weighted by Crippen LogP contribution is 2.18. The summed E-state index contributed by atoms with van der Waals surface area (Å²) < 4.78 is 5.13. The number of aromatic carboxylic acids is 1. The first-order valence-corrected chi connectivity index (χ1v) is 6.02. The Labute approximate surface area is 112 Å².